The molecule has 2 fully saturated rings. The molecule has 1 saturated heterocycles. The molecule has 1 heterocycles. The molecule has 0 aromatic heterocycles. The van der Waals surface area contributed by atoms with Crippen LogP contribution >= 0.6 is 0 Å². The maximum absolute atomic E-state index is 12.7. The van der Waals surface area contributed by atoms with Crippen molar-refractivity contribution in [3.05, 3.63) is 54.1 Å². The summed E-state index contributed by atoms with van der Waals surface area (Å²) in [5.74, 6) is 0.761. The van der Waals surface area contributed by atoms with Crippen LogP contribution in [0.4, 0.5) is 11.4 Å². The summed E-state index contributed by atoms with van der Waals surface area (Å²) in [7, 11) is -3.57. The molecule has 1 unspecified atom stereocenters. The first-order valence-electron chi connectivity index (χ1n) is 8.48. The Morgan fingerprint density at radius 3 is 2.46 bits per heavy atom. The highest BCUT2D eigenvalue weighted by Crippen LogP contribution is 2.42. The second-order valence-electron chi connectivity index (χ2n) is 6.92. The summed E-state index contributed by atoms with van der Waals surface area (Å²) < 4.78 is 28.2. The van der Waals surface area contributed by atoms with Gasteiger partial charge in [-0.15, -0.1) is 0 Å². The van der Waals surface area contributed by atoms with E-state index in [9.17, 15) is 8.42 Å². The minimum Gasteiger partial charge on any atom is -0.367 e. The van der Waals surface area contributed by atoms with Crippen molar-refractivity contribution in [2.75, 3.05) is 16.2 Å². The van der Waals surface area contributed by atoms with E-state index in [1.165, 1.54) is 19.3 Å². The van der Waals surface area contributed by atoms with E-state index in [4.69, 9.17) is 0 Å². The Balaban J connectivity index is 1.64. The summed E-state index contributed by atoms with van der Waals surface area (Å²) in [6.45, 7) is 2.98. The SMILES string of the molecule is Cc1ccc(S(=O)(=O)Nc2ccccc2N2CC3CC[C@@H]2C3)cc1. The molecule has 4 nitrogen and oxygen atoms in total. The van der Waals surface area contributed by atoms with E-state index in [1.54, 1.807) is 12.1 Å². The third-order valence-electron chi connectivity index (χ3n) is 5.20. The third kappa shape index (κ3) is 2.77. The van der Waals surface area contributed by atoms with Crippen LogP contribution in [0.5, 0.6) is 0 Å². The molecule has 0 spiro atoms. The number of nitrogens with zero attached hydrogens (tertiary/aromatic N) is 1. The zero-order chi connectivity index (χ0) is 16.7. The summed E-state index contributed by atoms with van der Waals surface area (Å²) >= 11 is 0. The fraction of sp³-hybridized carbons (Fsp3) is 0.368. The first kappa shape index (κ1) is 15.5. The van der Waals surface area contributed by atoms with Crippen LogP contribution in [-0.2, 0) is 10.0 Å². The molecule has 24 heavy (non-hydrogen) atoms. The fourth-order valence-corrected chi connectivity index (χ4v) is 5.03. The lowest BCUT2D eigenvalue weighted by Gasteiger charge is -2.31. The summed E-state index contributed by atoms with van der Waals surface area (Å²) in [4.78, 5) is 2.67. The standard InChI is InChI=1S/C19H22N2O2S/c1-14-6-10-17(11-7-14)24(22,23)20-18-4-2-3-5-19(18)21-13-15-8-9-16(21)12-15/h2-7,10-11,15-16,20H,8-9,12-13H2,1H3/t15?,16-/m1/s1. The molecule has 1 aliphatic heterocycles. The van der Waals surface area contributed by atoms with Gasteiger partial charge < -0.3 is 4.90 Å². The zero-order valence-corrected chi connectivity index (χ0v) is 14.6. The topological polar surface area (TPSA) is 49.4 Å². The largest absolute Gasteiger partial charge is 0.367 e. The molecule has 2 aromatic carbocycles. The summed E-state index contributed by atoms with van der Waals surface area (Å²) in [5, 5.41) is 0. The minimum absolute atomic E-state index is 0.297. The number of nitrogens with one attached hydrogen (secondary N) is 1. The van der Waals surface area contributed by atoms with E-state index in [2.05, 4.69) is 9.62 Å². The van der Waals surface area contributed by atoms with Gasteiger partial charge in [0.15, 0.2) is 0 Å². The molecule has 5 heteroatoms. The third-order valence-corrected chi connectivity index (χ3v) is 6.58. The number of hydrogen-bond donors (Lipinski definition) is 1. The molecule has 2 bridgehead atoms. The monoisotopic (exact) mass is 342 g/mol. The minimum atomic E-state index is -3.57. The van der Waals surface area contributed by atoms with Gasteiger partial charge in [0.2, 0.25) is 0 Å². The fourth-order valence-electron chi connectivity index (χ4n) is 3.95. The Kier molecular flexibility index (Phi) is 3.76. The Morgan fingerprint density at radius 1 is 1.04 bits per heavy atom. The number of para-hydroxylation sites is 2. The van der Waals surface area contributed by atoms with Gasteiger partial charge in [-0.1, -0.05) is 29.8 Å². The molecular formula is C19H22N2O2S. The second-order valence-corrected chi connectivity index (χ2v) is 8.60. The van der Waals surface area contributed by atoms with Crippen molar-refractivity contribution in [2.45, 2.75) is 37.1 Å². The van der Waals surface area contributed by atoms with Crippen molar-refractivity contribution in [3.63, 3.8) is 0 Å². The number of fused-ring (bicyclic) bond motifs is 2. The summed E-state index contributed by atoms with van der Waals surface area (Å²) in [6.07, 6.45) is 3.75. The van der Waals surface area contributed by atoms with Gasteiger partial charge in [0.1, 0.15) is 0 Å². The molecule has 126 valence electrons. The maximum atomic E-state index is 12.7. The van der Waals surface area contributed by atoms with Crippen molar-refractivity contribution in [2.24, 2.45) is 5.92 Å². The lowest BCUT2D eigenvalue weighted by molar-refractivity contribution is 0.554. The van der Waals surface area contributed by atoms with E-state index in [0.717, 1.165) is 23.7 Å². The summed E-state index contributed by atoms with van der Waals surface area (Å²) in [5.41, 5.74) is 2.72. The van der Waals surface area contributed by atoms with E-state index in [0.29, 0.717) is 16.6 Å². The number of hydrogen-bond acceptors (Lipinski definition) is 3. The lowest BCUT2D eigenvalue weighted by atomic mass is 10.1. The van der Waals surface area contributed by atoms with E-state index >= 15 is 0 Å². The van der Waals surface area contributed by atoms with Gasteiger partial charge in [-0.05, 0) is 56.4 Å². The predicted octanol–water partition coefficient (Wildman–Crippen LogP) is 3.78. The highest BCUT2D eigenvalue weighted by molar-refractivity contribution is 7.92. The Bertz CT molecular complexity index is 846. The maximum Gasteiger partial charge on any atom is 0.261 e. The average molecular weight is 342 g/mol. The Labute approximate surface area is 143 Å². The molecule has 2 atom stereocenters. The number of rotatable bonds is 4. The van der Waals surface area contributed by atoms with Crippen LogP contribution in [0.1, 0.15) is 24.8 Å². The van der Waals surface area contributed by atoms with Gasteiger partial charge in [0.05, 0.1) is 16.3 Å². The van der Waals surface area contributed by atoms with Crippen LogP contribution in [-0.4, -0.2) is 21.0 Å². The van der Waals surface area contributed by atoms with Gasteiger partial charge >= 0.3 is 0 Å². The molecule has 4 rings (SSSR count). The summed E-state index contributed by atoms with van der Waals surface area (Å²) in [6, 6.07) is 15.2. The van der Waals surface area contributed by atoms with Crippen molar-refractivity contribution >= 4 is 21.4 Å². The van der Waals surface area contributed by atoms with Gasteiger partial charge in [-0.3, -0.25) is 4.72 Å². The van der Waals surface area contributed by atoms with Crippen LogP contribution in [0.3, 0.4) is 0 Å². The van der Waals surface area contributed by atoms with Gasteiger partial charge in [-0.25, -0.2) is 8.42 Å². The first-order valence-corrected chi connectivity index (χ1v) is 9.96. The van der Waals surface area contributed by atoms with E-state index in [1.807, 2.05) is 43.3 Å². The smallest absolute Gasteiger partial charge is 0.261 e. The predicted molar refractivity (Wildman–Crippen MR) is 96.9 cm³/mol. The van der Waals surface area contributed by atoms with E-state index in [-0.39, 0.29) is 0 Å². The van der Waals surface area contributed by atoms with Crippen LogP contribution < -0.4 is 9.62 Å². The van der Waals surface area contributed by atoms with Crippen LogP contribution in [0, 0.1) is 12.8 Å². The Hall–Kier alpha value is -2.01. The molecule has 1 N–H and O–H groups in total. The molecule has 1 saturated carbocycles. The molecule has 0 amide bonds. The lowest BCUT2D eigenvalue weighted by Crippen LogP contribution is -2.32. The van der Waals surface area contributed by atoms with Gasteiger partial charge in [0.25, 0.3) is 10.0 Å². The average Bonchev–Trinajstić information content (AvgIpc) is 3.18. The molecule has 1 aliphatic carbocycles. The Morgan fingerprint density at radius 2 is 1.79 bits per heavy atom. The normalized spacial score (nSPS) is 22.8. The molecule has 2 aromatic rings. The van der Waals surface area contributed by atoms with Crippen LogP contribution in [0.2, 0.25) is 0 Å². The first-order chi connectivity index (χ1) is 11.5. The van der Waals surface area contributed by atoms with Crippen molar-refractivity contribution in [1.29, 1.82) is 0 Å². The van der Waals surface area contributed by atoms with E-state index < -0.39 is 10.0 Å². The van der Waals surface area contributed by atoms with Crippen molar-refractivity contribution in [3.8, 4) is 0 Å². The number of benzene rings is 2. The van der Waals surface area contributed by atoms with Gasteiger partial charge in [0, 0.05) is 12.6 Å². The van der Waals surface area contributed by atoms with Crippen LogP contribution in [0.15, 0.2) is 53.4 Å². The zero-order valence-electron chi connectivity index (χ0n) is 13.8. The molecule has 2 aliphatic rings. The molecular weight excluding hydrogens is 320 g/mol. The van der Waals surface area contributed by atoms with Crippen molar-refractivity contribution in [1.82, 2.24) is 0 Å². The van der Waals surface area contributed by atoms with Crippen molar-refractivity contribution < 1.29 is 8.42 Å². The number of sulfonamides is 1. The number of anilines is 2. The number of aryl methyl sites for hydroxylation is 1. The highest BCUT2D eigenvalue weighted by atomic mass is 32.2. The van der Waals surface area contributed by atoms with Gasteiger partial charge in [-0.2, -0.15) is 0 Å². The number of piperidine rings is 1. The molecule has 0 radical (unpaired) electrons. The second kappa shape index (κ2) is 5.81. The van der Waals surface area contributed by atoms with Crippen LogP contribution in [0.25, 0.3) is 0 Å². The highest BCUT2D eigenvalue weighted by Gasteiger charge is 2.38. The quantitative estimate of drug-likeness (QED) is 0.920.